The van der Waals surface area contributed by atoms with Crippen LogP contribution in [0, 0.1) is 0 Å². The maximum absolute atomic E-state index is 12.9. The lowest BCUT2D eigenvalue weighted by atomic mass is 10.00. The summed E-state index contributed by atoms with van der Waals surface area (Å²) in [6.07, 6.45) is -2.47. The highest BCUT2D eigenvalue weighted by Gasteiger charge is 2.27. The second-order valence-corrected chi connectivity index (χ2v) is 4.67. The number of nitrogens with zero attached hydrogens (tertiary/aromatic N) is 1. The van der Waals surface area contributed by atoms with Crippen LogP contribution >= 0.6 is 12.4 Å². The van der Waals surface area contributed by atoms with E-state index in [-0.39, 0.29) is 24.9 Å². The van der Waals surface area contributed by atoms with Gasteiger partial charge in [-0.2, -0.15) is 0 Å². The molecule has 1 aliphatic rings. The Labute approximate surface area is 124 Å². The van der Waals surface area contributed by atoms with Crippen LogP contribution in [0.4, 0.5) is 8.78 Å². The second kappa shape index (κ2) is 8.39. The Morgan fingerprint density at radius 3 is 2.50 bits per heavy atom. The van der Waals surface area contributed by atoms with Gasteiger partial charge in [0.25, 0.3) is 0 Å². The number of benzene rings is 1. The van der Waals surface area contributed by atoms with Crippen LogP contribution in [0.3, 0.4) is 0 Å². The Hall–Kier alpha value is -0.910. The summed E-state index contributed by atoms with van der Waals surface area (Å²) in [5, 5.41) is 3.24. The summed E-state index contributed by atoms with van der Waals surface area (Å²) in [6.45, 7) is 3.26. The first-order valence-corrected chi connectivity index (χ1v) is 6.58. The normalized spacial score (nSPS) is 17.6. The SMILES string of the molecule is COc1ccccc1[C@@H](CC(F)F)N1CCNCC1.Cl. The highest BCUT2D eigenvalue weighted by atomic mass is 35.5. The van der Waals surface area contributed by atoms with Gasteiger partial charge in [0.2, 0.25) is 6.43 Å². The van der Waals surface area contributed by atoms with Crippen molar-refractivity contribution in [3.8, 4) is 5.75 Å². The topological polar surface area (TPSA) is 24.5 Å². The van der Waals surface area contributed by atoms with Crippen LogP contribution in [0.25, 0.3) is 0 Å². The van der Waals surface area contributed by atoms with Crippen molar-refractivity contribution < 1.29 is 13.5 Å². The van der Waals surface area contributed by atoms with Gasteiger partial charge in [-0.3, -0.25) is 4.90 Å². The molecule has 0 radical (unpaired) electrons. The van der Waals surface area contributed by atoms with E-state index in [9.17, 15) is 8.78 Å². The Balaban J connectivity index is 0.00000200. The van der Waals surface area contributed by atoms with Crippen molar-refractivity contribution in [2.45, 2.75) is 18.9 Å². The van der Waals surface area contributed by atoms with Crippen molar-refractivity contribution in [1.29, 1.82) is 0 Å². The van der Waals surface area contributed by atoms with E-state index in [0.717, 1.165) is 31.7 Å². The van der Waals surface area contributed by atoms with E-state index in [0.29, 0.717) is 5.75 Å². The third-order valence-corrected chi connectivity index (χ3v) is 3.49. The molecule has 0 aliphatic carbocycles. The molecule has 2 rings (SSSR count). The van der Waals surface area contributed by atoms with E-state index in [1.165, 1.54) is 0 Å². The standard InChI is InChI=1S/C14H20F2N2O.ClH/c1-19-13-5-3-2-4-11(13)12(10-14(15)16)18-8-6-17-7-9-18;/h2-5,12,14,17H,6-10H2,1H3;1H/t12-;/m1./s1. The van der Waals surface area contributed by atoms with Crippen LogP contribution in [0.2, 0.25) is 0 Å². The summed E-state index contributed by atoms with van der Waals surface area (Å²) in [5.41, 5.74) is 0.854. The van der Waals surface area contributed by atoms with Gasteiger partial charge in [-0.15, -0.1) is 12.4 Å². The first-order valence-electron chi connectivity index (χ1n) is 6.58. The number of nitrogens with one attached hydrogen (secondary N) is 1. The second-order valence-electron chi connectivity index (χ2n) is 4.67. The first kappa shape index (κ1) is 17.1. The van der Waals surface area contributed by atoms with Gasteiger partial charge in [-0.05, 0) is 6.07 Å². The van der Waals surface area contributed by atoms with E-state index in [1.54, 1.807) is 7.11 Å². The average molecular weight is 307 g/mol. The zero-order valence-electron chi connectivity index (χ0n) is 11.5. The van der Waals surface area contributed by atoms with Gasteiger partial charge in [-0.1, -0.05) is 18.2 Å². The molecule has 1 atom stereocenters. The van der Waals surface area contributed by atoms with Crippen LogP contribution in [0.1, 0.15) is 18.0 Å². The lowest BCUT2D eigenvalue weighted by molar-refractivity contribution is 0.0729. The fourth-order valence-electron chi connectivity index (χ4n) is 2.58. The number of hydrogen-bond donors (Lipinski definition) is 1. The van der Waals surface area contributed by atoms with Crippen molar-refractivity contribution in [2.24, 2.45) is 0 Å². The zero-order chi connectivity index (χ0) is 13.7. The van der Waals surface area contributed by atoms with Crippen LogP contribution in [-0.2, 0) is 0 Å². The molecule has 0 bridgehead atoms. The highest BCUT2D eigenvalue weighted by molar-refractivity contribution is 5.85. The molecule has 0 unspecified atom stereocenters. The third-order valence-electron chi connectivity index (χ3n) is 3.49. The van der Waals surface area contributed by atoms with Gasteiger partial charge in [0.15, 0.2) is 0 Å². The zero-order valence-corrected chi connectivity index (χ0v) is 12.3. The molecular formula is C14H21ClF2N2O. The van der Waals surface area contributed by atoms with E-state index < -0.39 is 6.43 Å². The number of piperazine rings is 1. The quantitative estimate of drug-likeness (QED) is 0.905. The van der Waals surface area contributed by atoms with Crippen molar-refractivity contribution in [2.75, 3.05) is 33.3 Å². The smallest absolute Gasteiger partial charge is 0.240 e. The summed E-state index contributed by atoms with van der Waals surface area (Å²) >= 11 is 0. The molecule has 114 valence electrons. The molecule has 1 saturated heterocycles. The lowest BCUT2D eigenvalue weighted by Gasteiger charge is -2.35. The maximum atomic E-state index is 12.9. The van der Waals surface area contributed by atoms with Gasteiger partial charge < -0.3 is 10.1 Å². The molecule has 1 aliphatic heterocycles. The number of alkyl halides is 2. The predicted molar refractivity (Wildman–Crippen MR) is 78.0 cm³/mol. The third kappa shape index (κ3) is 4.30. The molecular weight excluding hydrogens is 286 g/mol. The largest absolute Gasteiger partial charge is 0.496 e. The van der Waals surface area contributed by atoms with Crippen molar-refractivity contribution in [1.82, 2.24) is 10.2 Å². The van der Waals surface area contributed by atoms with Crippen LogP contribution < -0.4 is 10.1 Å². The number of methoxy groups -OCH3 is 1. The summed E-state index contributed by atoms with van der Waals surface area (Å²) in [7, 11) is 1.58. The average Bonchev–Trinajstić information content (AvgIpc) is 2.45. The van der Waals surface area contributed by atoms with Crippen molar-refractivity contribution in [3.63, 3.8) is 0 Å². The van der Waals surface area contributed by atoms with Gasteiger partial charge in [0.05, 0.1) is 7.11 Å². The van der Waals surface area contributed by atoms with Crippen LogP contribution in [-0.4, -0.2) is 44.6 Å². The number of para-hydroxylation sites is 1. The molecule has 6 heteroatoms. The monoisotopic (exact) mass is 306 g/mol. The first-order chi connectivity index (χ1) is 9.22. The summed E-state index contributed by atoms with van der Waals surface area (Å²) < 4.78 is 31.1. The molecule has 1 aromatic carbocycles. The Kier molecular flexibility index (Phi) is 7.19. The summed E-state index contributed by atoms with van der Waals surface area (Å²) in [6, 6.07) is 7.17. The minimum Gasteiger partial charge on any atom is -0.496 e. The molecule has 0 aromatic heterocycles. The Bertz CT molecular complexity index is 401. The van der Waals surface area contributed by atoms with E-state index in [2.05, 4.69) is 10.2 Å². The summed E-state index contributed by atoms with van der Waals surface area (Å²) in [5.74, 6) is 0.687. The van der Waals surface area contributed by atoms with Crippen LogP contribution in [0.15, 0.2) is 24.3 Å². The molecule has 1 heterocycles. The summed E-state index contributed by atoms with van der Waals surface area (Å²) in [4.78, 5) is 2.11. The Morgan fingerprint density at radius 2 is 1.90 bits per heavy atom. The molecule has 0 saturated carbocycles. The number of hydrogen-bond acceptors (Lipinski definition) is 3. The molecule has 1 aromatic rings. The molecule has 1 fully saturated rings. The van der Waals surface area contributed by atoms with Crippen molar-refractivity contribution in [3.05, 3.63) is 29.8 Å². The highest BCUT2D eigenvalue weighted by Crippen LogP contribution is 2.33. The van der Waals surface area contributed by atoms with Gasteiger partial charge in [-0.25, -0.2) is 8.78 Å². The molecule has 20 heavy (non-hydrogen) atoms. The fourth-order valence-corrected chi connectivity index (χ4v) is 2.58. The number of rotatable bonds is 5. The number of halogens is 3. The minimum atomic E-state index is -2.32. The molecule has 3 nitrogen and oxygen atoms in total. The van der Waals surface area contributed by atoms with Gasteiger partial charge in [0.1, 0.15) is 5.75 Å². The predicted octanol–water partition coefficient (Wildman–Crippen LogP) is 2.72. The molecule has 0 amide bonds. The maximum Gasteiger partial charge on any atom is 0.240 e. The fraction of sp³-hybridized carbons (Fsp3) is 0.571. The van der Waals surface area contributed by atoms with E-state index in [4.69, 9.17) is 4.74 Å². The van der Waals surface area contributed by atoms with Gasteiger partial charge in [0, 0.05) is 44.2 Å². The van der Waals surface area contributed by atoms with Crippen LogP contribution in [0.5, 0.6) is 5.75 Å². The van der Waals surface area contributed by atoms with E-state index in [1.807, 2.05) is 24.3 Å². The number of ether oxygens (including phenoxy) is 1. The molecule has 0 spiro atoms. The lowest BCUT2D eigenvalue weighted by Crippen LogP contribution is -2.45. The molecule has 1 N–H and O–H groups in total. The minimum absolute atomic E-state index is 0. The van der Waals surface area contributed by atoms with E-state index >= 15 is 0 Å². The van der Waals surface area contributed by atoms with Crippen molar-refractivity contribution >= 4 is 12.4 Å². The Morgan fingerprint density at radius 1 is 1.25 bits per heavy atom. The van der Waals surface area contributed by atoms with Gasteiger partial charge >= 0.3 is 0 Å².